The molecule has 0 aromatic heterocycles. The Morgan fingerprint density at radius 1 is 1.44 bits per heavy atom. The van der Waals surface area contributed by atoms with Gasteiger partial charge in [0.25, 0.3) is 0 Å². The van der Waals surface area contributed by atoms with E-state index < -0.39 is 14.4 Å². The highest BCUT2D eigenvalue weighted by atomic mass is 28.4. The first-order chi connectivity index (χ1) is 7.88. The molecule has 0 aromatic rings. The van der Waals surface area contributed by atoms with Gasteiger partial charge >= 0.3 is 6.09 Å². The zero-order valence-electron chi connectivity index (χ0n) is 12.7. The van der Waals surface area contributed by atoms with Crippen molar-refractivity contribution in [2.75, 3.05) is 13.6 Å². The van der Waals surface area contributed by atoms with Crippen LogP contribution in [-0.4, -0.2) is 50.2 Å². The van der Waals surface area contributed by atoms with E-state index in [0.29, 0.717) is 6.54 Å². The molecule has 0 aliphatic heterocycles. The van der Waals surface area contributed by atoms with Crippen molar-refractivity contribution in [3.63, 3.8) is 0 Å². The van der Waals surface area contributed by atoms with Crippen LogP contribution in [0.1, 0.15) is 27.7 Å². The lowest BCUT2D eigenvalue weighted by Gasteiger charge is -2.41. The lowest BCUT2D eigenvalue weighted by molar-refractivity contribution is 0.102. The number of hydrogen-bond acceptors (Lipinski definition) is 3. The number of hydrogen-bond donors (Lipinski definition) is 2. The molecular formula is C12H28N2O3Si. The fraction of sp³-hybridized carbons (Fsp3) is 0.917. The molecular weight excluding hydrogens is 248 g/mol. The lowest BCUT2D eigenvalue weighted by atomic mass is 10.2. The van der Waals surface area contributed by atoms with Crippen molar-refractivity contribution in [1.29, 1.82) is 0 Å². The van der Waals surface area contributed by atoms with Crippen LogP contribution in [0.3, 0.4) is 0 Å². The molecule has 108 valence electrons. The van der Waals surface area contributed by atoms with E-state index in [0.717, 1.165) is 0 Å². The highest BCUT2D eigenvalue weighted by Gasteiger charge is 2.40. The molecule has 0 spiro atoms. The predicted molar refractivity (Wildman–Crippen MR) is 76.4 cm³/mol. The van der Waals surface area contributed by atoms with Gasteiger partial charge in [0.2, 0.25) is 0 Å². The molecule has 0 fully saturated rings. The first-order valence-electron chi connectivity index (χ1n) is 6.26. The molecule has 5 nitrogen and oxygen atoms in total. The van der Waals surface area contributed by atoms with Gasteiger partial charge in [-0.15, -0.1) is 0 Å². The highest BCUT2D eigenvalue weighted by molar-refractivity contribution is 6.74. The number of carbonyl (C=O) groups is 1. The fourth-order valence-electron chi connectivity index (χ4n) is 1.21. The third kappa shape index (κ3) is 4.95. The molecule has 2 unspecified atom stereocenters. The van der Waals surface area contributed by atoms with Crippen LogP contribution >= 0.6 is 0 Å². The van der Waals surface area contributed by atoms with E-state index in [1.54, 1.807) is 0 Å². The van der Waals surface area contributed by atoms with Crippen molar-refractivity contribution in [2.24, 2.45) is 5.73 Å². The van der Waals surface area contributed by atoms with E-state index in [1.807, 2.05) is 6.92 Å². The summed E-state index contributed by atoms with van der Waals surface area (Å²) in [7, 11) is -0.398. The number of carboxylic acid groups (broad SMARTS) is 1. The van der Waals surface area contributed by atoms with Crippen molar-refractivity contribution in [2.45, 2.75) is 58.0 Å². The summed E-state index contributed by atoms with van der Waals surface area (Å²) in [6.45, 7) is 12.9. The maximum Gasteiger partial charge on any atom is 0.407 e. The summed E-state index contributed by atoms with van der Waals surface area (Å²) in [6, 6.07) is -0.194. The normalized spacial score (nSPS) is 16.2. The molecule has 0 heterocycles. The molecule has 0 radical (unpaired) electrons. The van der Waals surface area contributed by atoms with Gasteiger partial charge in [-0.3, -0.25) is 0 Å². The Labute approximate surface area is 111 Å². The average Bonchev–Trinajstić information content (AvgIpc) is 2.13. The van der Waals surface area contributed by atoms with Gasteiger partial charge in [0.05, 0.1) is 12.6 Å². The van der Waals surface area contributed by atoms with E-state index in [4.69, 9.17) is 15.3 Å². The van der Waals surface area contributed by atoms with Crippen molar-refractivity contribution >= 4 is 14.4 Å². The largest absolute Gasteiger partial charge is 0.465 e. The Kier molecular flexibility index (Phi) is 5.83. The van der Waals surface area contributed by atoms with Crippen molar-refractivity contribution < 1.29 is 14.3 Å². The fourth-order valence-corrected chi connectivity index (χ4v) is 2.61. The third-order valence-corrected chi connectivity index (χ3v) is 8.12. The van der Waals surface area contributed by atoms with Crippen LogP contribution in [0.5, 0.6) is 0 Å². The van der Waals surface area contributed by atoms with Crippen molar-refractivity contribution in [3.05, 3.63) is 0 Å². The van der Waals surface area contributed by atoms with Crippen LogP contribution in [-0.2, 0) is 4.43 Å². The number of rotatable bonds is 5. The van der Waals surface area contributed by atoms with Crippen molar-refractivity contribution in [3.8, 4) is 0 Å². The molecule has 0 rings (SSSR count). The molecule has 6 heteroatoms. The van der Waals surface area contributed by atoms with Crippen LogP contribution in [0.2, 0.25) is 18.1 Å². The number of nitrogens with two attached hydrogens (primary N) is 1. The van der Waals surface area contributed by atoms with E-state index in [-0.39, 0.29) is 17.2 Å². The van der Waals surface area contributed by atoms with Gasteiger partial charge in [0, 0.05) is 13.1 Å². The first kappa shape index (κ1) is 17.4. The summed E-state index contributed by atoms with van der Waals surface area (Å²) >= 11 is 0. The van der Waals surface area contributed by atoms with Crippen molar-refractivity contribution in [1.82, 2.24) is 4.90 Å². The van der Waals surface area contributed by atoms with Crippen LogP contribution in [0.25, 0.3) is 0 Å². The maximum absolute atomic E-state index is 10.9. The summed E-state index contributed by atoms with van der Waals surface area (Å²) in [5.41, 5.74) is 5.91. The molecule has 0 aromatic carbocycles. The van der Waals surface area contributed by atoms with Gasteiger partial charge in [-0.25, -0.2) is 4.79 Å². The molecule has 2 atom stereocenters. The summed E-state index contributed by atoms with van der Waals surface area (Å²) in [4.78, 5) is 12.1. The quantitative estimate of drug-likeness (QED) is 0.756. The van der Waals surface area contributed by atoms with Crippen LogP contribution in [0.15, 0.2) is 0 Å². The molecule has 0 saturated carbocycles. The monoisotopic (exact) mass is 276 g/mol. The van der Waals surface area contributed by atoms with E-state index in [9.17, 15) is 4.79 Å². The number of nitrogens with zero attached hydrogens (tertiary/aromatic N) is 1. The smallest absolute Gasteiger partial charge is 0.407 e. The van der Waals surface area contributed by atoms with E-state index in [2.05, 4.69) is 33.9 Å². The Balaban J connectivity index is 4.80. The Bertz CT molecular complexity index is 288. The molecule has 3 N–H and O–H groups in total. The Morgan fingerprint density at radius 2 is 1.89 bits per heavy atom. The zero-order valence-corrected chi connectivity index (χ0v) is 13.7. The van der Waals surface area contributed by atoms with Crippen LogP contribution < -0.4 is 5.73 Å². The molecule has 0 aliphatic carbocycles. The number of likely N-dealkylation sites (N-methyl/N-ethyl adjacent to an activating group) is 1. The summed E-state index contributed by atoms with van der Waals surface area (Å²) in [5.74, 6) is 0. The second-order valence-corrected chi connectivity index (χ2v) is 11.2. The highest BCUT2D eigenvalue weighted by Crippen LogP contribution is 2.37. The zero-order chi connectivity index (χ0) is 14.7. The third-order valence-electron chi connectivity index (χ3n) is 3.62. The average molecular weight is 276 g/mol. The Hall–Kier alpha value is -0.593. The SMILES string of the molecule is CC(N)C(CN(C)C(=O)O)O[Si](C)(C)C(C)(C)C. The van der Waals surface area contributed by atoms with Gasteiger partial charge in [0.15, 0.2) is 8.32 Å². The van der Waals surface area contributed by atoms with Gasteiger partial charge in [-0.1, -0.05) is 20.8 Å². The minimum absolute atomic E-state index is 0.0853. The maximum atomic E-state index is 10.9. The molecule has 1 amide bonds. The van der Waals surface area contributed by atoms with Crippen LogP contribution in [0.4, 0.5) is 4.79 Å². The van der Waals surface area contributed by atoms with Gasteiger partial charge in [0.1, 0.15) is 0 Å². The van der Waals surface area contributed by atoms with Gasteiger partial charge in [-0.05, 0) is 25.1 Å². The van der Waals surface area contributed by atoms with E-state index in [1.165, 1.54) is 11.9 Å². The molecule has 18 heavy (non-hydrogen) atoms. The summed E-state index contributed by atoms with van der Waals surface area (Å²) in [6.07, 6.45) is -1.22. The lowest BCUT2D eigenvalue weighted by Crippen LogP contribution is -2.52. The second-order valence-electron chi connectivity index (χ2n) is 6.44. The second kappa shape index (κ2) is 6.03. The Morgan fingerprint density at radius 3 is 2.17 bits per heavy atom. The molecule has 0 saturated heterocycles. The standard InChI is InChI=1S/C12H28N2O3Si/c1-9(13)10(8-14(5)11(15)16)17-18(6,7)12(2,3)4/h9-10H,8,13H2,1-7H3,(H,15,16). The first-order valence-corrected chi connectivity index (χ1v) is 9.17. The van der Waals surface area contributed by atoms with E-state index >= 15 is 0 Å². The van der Waals surface area contributed by atoms with Gasteiger partial charge in [-0.2, -0.15) is 0 Å². The summed E-state index contributed by atoms with van der Waals surface area (Å²) < 4.78 is 6.19. The van der Waals surface area contributed by atoms with Gasteiger partial charge < -0.3 is 20.2 Å². The number of amides is 1. The minimum Gasteiger partial charge on any atom is -0.465 e. The summed E-state index contributed by atoms with van der Waals surface area (Å²) in [5, 5.41) is 9.00. The molecule has 0 bridgehead atoms. The van der Waals surface area contributed by atoms with Crippen LogP contribution in [0, 0.1) is 0 Å². The minimum atomic E-state index is -1.93. The predicted octanol–water partition coefficient (Wildman–Crippen LogP) is 2.33. The molecule has 0 aliphatic rings. The topological polar surface area (TPSA) is 75.8 Å².